The molecular formula is C15H13Cl2NO3. The quantitative estimate of drug-likeness (QED) is 0.897. The van der Waals surface area contributed by atoms with Crippen LogP contribution in [0.25, 0.3) is 0 Å². The second kappa shape index (κ2) is 7.20. The van der Waals surface area contributed by atoms with E-state index < -0.39 is 6.09 Å². The Hall–Kier alpha value is -1.91. The van der Waals surface area contributed by atoms with Crippen LogP contribution in [0, 0.1) is 0 Å². The third-order valence-corrected chi connectivity index (χ3v) is 3.19. The van der Waals surface area contributed by atoms with Gasteiger partial charge in [-0.15, -0.1) is 0 Å². The first-order valence-electron chi connectivity index (χ1n) is 6.12. The molecule has 0 radical (unpaired) electrons. The Morgan fingerprint density at radius 1 is 1.05 bits per heavy atom. The zero-order chi connectivity index (χ0) is 15.2. The first kappa shape index (κ1) is 15.5. The highest BCUT2D eigenvalue weighted by atomic mass is 35.5. The van der Waals surface area contributed by atoms with Crippen LogP contribution >= 0.6 is 23.2 Å². The number of carbonyl (C=O) groups is 1. The molecule has 21 heavy (non-hydrogen) atoms. The van der Waals surface area contributed by atoms with Crippen LogP contribution in [0.5, 0.6) is 5.75 Å². The maximum Gasteiger partial charge on any atom is 0.404 e. The van der Waals surface area contributed by atoms with Crippen molar-refractivity contribution in [3.8, 4) is 5.75 Å². The van der Waals surface area contributed by atoms with E-state index in [-0.39, 0.29) is 6.61 Å². The summed E-state index contributed by atoms with van der Waals surface area (Å²) in [6, 6.07) is 12.5. The highest BCUT2D eigenvalue weighted by Gasteiger charge is 2.04. The lowest BCUT2D eigenvalue weighted by Crippen LogP contribution is -2.12. The Morgan fingerprint density at radius 3 is 2.43 bits per heavy atom. The maximum absolute atomic E-state index is 10.6. The molecule has 0 aliphatic rings. The average molecular weight is 326 g/mol. The molecule has 0 aromatic heterocycles. The van der Waals surface area contributed by atoms with E-state index in [1.807, 2.05) is 24.3 Å². The fourth-order valence-electron chi connectivity index (χ4n) is 1.72. The van der Waals surface area contributed by atoms with E-state index in [2.05, 4.69) is 0 Å². The molecule has 0 aliphatic heterocycles. The molecule has 0 fully saturated rings. The van der Waals surface area contributed by atoms with Crippen LogP contribution in [0.4, 0.5) is 4.79 Å². The summed E-state index contributed by atoms with van der Waals surface area (Å²) in [4.78, 5) is 10.6. The number of ether oxygens (including phenoxy) is 2. The number of carbonyl (C=O) groups excluding carboxylic acids is 1. The Morgan fingerprint density at radius 2 is 1.76 bits per heavy atom. The molecule has 1 amide bonds. The van der Waals surface area contributed by atoms with Crippen LogP contribution in [0.1, 0.15) is 11.1 Å². The van der Waals surface area contributed by atoms with E-state index in [9.17, 15) is 4.79 Å². The summed E-state index contributed by atoms with van der Waals surface area (Å²) in [5, 5.41) is 1.01. The van der Waals surface area contributed by atoms with Crippen molar-refractivity contribution in [3.63, 3.8) is 0 Å². The van der Waals surface area contributed by atoms with Gasteiger partial charge in [-0.3, -0.25) is 0 Å². The van der Waals surface area contributed by atoms with E-state index in [1.54, 1.807) is 18.2 Å². The van der Waals surface area contributed by atoms with Gasteiger partial charge in [0.05, 0.1) is 5.02 Å². The number of halogens is 2. The number of amides is 1. The van der Waals surface area contributed by atoms with E-state index in [0.29, 0.717) is 22.4 Å². The molecule has 2 N–H and O–H groups in total. The van der Waals surface area contributed by atoms with Crippen LogP contribution in [0.3, 0.4) is 0 Å². The van der Waals surface area contributed by atoms with Gasteiger partial charge in [0.15, 0.2) is 0 Å². The van der Waals surface area contributed by atoms with Crippen molar-refractivity contribution >= 4 is 29.3 Å². The molecule has 0 unspecified atom stereocenters. The van der Waals surface area contributed by atoms with Gasteiger partial charge in [-0.05, 0) is 35.4 Å². The molecular weight excluding hydrogens is 313 g/mol. The van der Waals surface area contributed by atoms with Gasteiger partial charge in [0.25, 0.3) is 0 Å². The molecule has 0 bridgehead atoms. The van der Waals surface area contributed by atoms with Crippen molar-refractivity contribution in [3.05, 3.63) is 63.6 Å². The SMILES string of the molecule is NC(=O)OCc1cccc(COc2ccc(Cl)cc2Cl)c1. The molecule has 4 nitrogen and oxygen atoms in total. The third-order valence-electron chi connectivity index (χ3n) is 2.66. The smallest absolute Gasteiger partial charge is 0.404 e. The van der Waals surface area contributed by atoms with Crippen LogP contribution in [0.2, 0.25) is 10.0 Å². The minimum absolute atomic E-state index is 0.130. The van der Waals surface area contributed by atoms with Crippen molar-refractivity contribution in [1.29, 1.82) is 0 Å². The molecule has 2 rings (SSSR count). The topological polar surface area (TPSA) is 61.6 Å². The van der Waals surface area contributed by atoms with Crippen LogP contribution in [-0.4, -0.2) is 6.09 Å². The van der Waals surface area contributed by atoms with E-state index >= 15 is 0 Å². The van der Waals surface area contributed by atoms with Gasteiger partial charge in [-0.1, -0.05) is 41.4 Å². The monoisotopic (exact) mass is 325 g/mol. The van der Waals surface area contributed by atoms with Gasteiger partial charge in [0, 0.05) is 5.02 Å². The maximum atomic E-state index is 10.6. The predicted octanol–water partition coefficient (Wildman–Crippen LogP) is 4.17. The van der Waals surface area contributed by atoms with Crippen molar-refractivity contribution in [1.82, 2.24) is 0 Å². The second-order valence-corrected chi connectivity index (χ2v) is 5.13. The summed E-state index contributed by atoms with van der Waals surface area (Å²) in [5.41, 5.74) is 6.68. The number of hydrogen-bond acceptors (Lipinski definition) is 3. The van der Waals surface area contributed by atoms with Crippen LogP contribution < -0.4 is 10.5 Å². The summed E-state index contributed by atoms with van der Waals surface area (Å²) < 4.78 is 10.4. The predicted molar refractivity (Wildman–Crippen MR) is 81.6 cm³/mol. The molecule has 0 heterocycles. The Kier molecular flexibility index (Phi) is 5.31. The Balaban J connectivity index is 1.99. The summed E-state index contributed by atoms with van der Waals surface area (Å²) in [5.74, 6) is 0.555. The summed E-state index contributed by atoms with van der Waals surface area (Å²) in [6.45, 7) is 0.469. The zero-order valence-corrected chi connectivity index (χ0v) is 12.5. The lowest BCUT2D eigenvalue weighted by atomic mass is 10.1. The highest BCUT2D eigenvalue weighted by Crippen LogP contribution is 2.28. The minimum Gasteiger partial charge on any atom is -0.487 e. The number of rotatable bonds is 5. The van der Waals surface area contributed by atoms with E-state index in [4.69, 9.17) is 38.4 Å². The summed E-state index contributed by atoms with van der Waals surface area (Å²) in [6.07, 6.45) is -0.801. The Labute approximate surface area is 132 Å². The van der Waals surface area contributed by atoms with E-state index in [1.165, 1.54) is 0 Å². The first-order valence-corrected chi connectivity index (χ1v) is 6.88. The van der Waals surface area contributed by atoms with Crippen molar-refractivity contribution in [2.75, 3.05) is 0 Å². The molecule has 0 spiro atoms. The molecule has 6 heteroatoms. The summed E-state index contributed by atoms with van der Waals surface area (Å²) >= 11 is 11.9. The van der Waals surface area contributed by atoms with Gasteiger partial charge < -0.3 is 15.2 Å². The average Bonchev–Trinajstić information content (AvgIpc) is 2.45. The first-order chi connectivity index (χ1) is 10.0. The molecule has 2 aromatic rings. The fourth-order valence-corrected chi connectivity index (χ4v) is 2.18. The largest absolute Gasteiger partial charge is 0.487 e. The molecule has 0 saturated carbocycles. The van der Waals surface area contributed by atoms with Gasteiger partial charge >= 0.3 is 6.09 Å². The number of benzene rings is 2. The number of nitrogens with two attached hydrogens (primary N) is 1. The van der Waals surface area contributed by atoms with Gasteiger partial charge in [0.1, 0.15) is 19.0 Å². The second-order valence-electron chi connectivity index (χ2n) is 4.29. The van der Waals surface area contributed by atoms with E-state index in [0.717, 1.165) is 11.1 Å². The van der Waals surface area contributed by atoms with Gasteiger partial charge in [0.2, 0.25) is 0 Å². The molecule has 110 valence electrons. The molecule has 0 aliphatic carbocycles. The summed E-state index contributed by atoms with van der Waals surface area (Å²) in [7, 11) is 0. The standard InChI is InChI=1S/C15H13Cl2NO3/c16-12-4-5-14(13(17)7-12)20-8-10-2-1-3-11(6-10)9-21-15(18)19/h1-7H,8-9H2,(H2,18,19). The molecule has 2 aromatic carbocycles. The molecule has 0 atom stereocenters. The zero-order valence-electron chi connectivity index (χ0n) is 11.0. The van der Waals surface area contributed by atoms with Crippen LogP contribution in [0.15, 0.2) is 42.5 Å². The van der Waals surface area contributed by atoms with Crippen LogP contribution in [-0.2, 0) is 18.0 Å². The van der Waals surface area contributed by atoms with Gasteiger partial charge in [-0.2, -0.15) is 0 Å². The highest BCUT2D eigenvalue weighted by molar-refractivity contribution is 6.35. The fraction of sp³-hybridized carbons (Fsp3) is 0.133. The number of primary amides is 1. The number of hydrogen-bond donors (Lipinski definition) is 1. The third kappa shape index (κ3) is 4.85. The normalized spacial score (nSPS) is 10.2. The van der Waals surface area contributed by atoms with Crippen molar-refractivity contribution in [2.24, 2.45) is 5.73 Å². The lowest BCUT2D eigenvalue weighted by Gasteiger charge is -2.09. The lowest BCUT2D eigenvalue weighted by molar-refractivity contribution is 0.150. The minimum atomic E-state index is -0.801. The van der Waals surface area contributed by atoms with Crippen molar-refractivity contribution in [2.45, 2.75) is 13.2 Å². The van der Waals surface area contributed by atoms with Gasteiger partial charge in [-0.25, -0.2) is 4.79 Å². The molecule has 0 saturated heterocycles. The Bertz CT molecular complexity index is 647. The van der Waals surface area contributed by atoms with Crippen molar-refractivity contribution < 1.29 is 14.3 Å².